The number of hydrogen-bond acceptors (Lipinski definition) is 4. The van der Waals surface area contributed by atoms with Gasteiger partial charge in [0.1, 0.15) is 11.6 Å². The van der Waals surface area contributed by atoms with Crippen LogP contribution in [0.2, 0.25) is 0 Å². The smallest absolute Gasteiger partial charge is 0.340 e. The highest BCUT2D eigenvalue weighted by atomic mass is 19.4. The van der Waals surface area contributed by atoms with Crippen molar-refractivity contribution >= 4 is 11.6 Å². The molecule has 1 aliphatic rings. The highest BCUT2D eigenvalue weighted by Crippen LogP contribution is 2.40. The van der Waals surface area contributed by atoms with Gasteiger partial charge in [0, 0.05) is 5.69 Å². The van der Waals surface area contributed by atoms with Crippen molar-refractivity contribution in [3.05, 3.63) is 47.7 Å². The molecule has 3 heterocycles. The number of alkyl halides is 3. The first-order chi connectivity index (χ1) is 13.2. The Hall–Kier alpha value is -3.04. The summed E-state index contributed by atoms with van der Waals surface area (Å²) in [5.41, 5.74) is 1.09. The van der Waals surface area contributed by atoms with Gasteiger partial charge in [-0.2, -0.15) is 22.7 Å². The van der Waals surface area contributed by atoms with Crippen molar-refractivity contribution in [2.45, 2.75) is 32.0 Å². The third kappa shape index (κ3) is 3.41. The molecule has 1 atom stereocenters. The Morgan fingerprint density at radius 2 is 2.00 bits per heavy atom. The van der Waals surface area contributed by atoms with Crippen LogP contribution < -0.4 is 5.32 Å². The lowest BCUT2D eigenvalue weighted by Crippen LogP contribution is -2.46. The summed E-state index contributed by atoms with van der Waals surface area (Å²) in [6.07, 6.45) is -2.51. The fraction of sp³-hybridized carbons (Fsp3) is 0.333. The monoisotopic (exact) mass is 393 g/mol. The van der Waals surface area contributed by atoms with Crippen molar-refractivity contribution in [2.75, 3.05) is 0 Å². The van der Waals surface area contributed by atoms with Gasteiger partial charge < -0.3 is 5.32 Å². The van der Waals surface area contributed by atoms with Gasteiger partial charge in [0.2, 0.25) is 5.95 Å². The molecule has 0 aromatic carbocycles. The van der Waals surface area contributed by atoms with Crippen LogP contribution >= 0.6 is 0 Å². The van der Waals surface area contributed by atoms with Crippen molar-refractivity contribution in [1.82, 2.24) is 24.9 Å². The van der Waals surface area contributed by atoms with Gasteiger partial charge in [-0.05, 0) is 43.9 Å². The van der Waals surface area contributed by atoms with Gasteiger partial charge in [0.05, 0.1) is 17.6 Å². The van der Waals surface area contributed by atoms with E-state index < -0.39 is 30.0 Å². The summed E-state index contributed by atoms with van der Waals surface area (Å²) in [7, 11) is 0. The lowest BCUT2D eigenvalue weighted by atomic mass is 10.1. The van der Waals surface area contributed by atoms with Crippen LogP contribution in [-0.4, -0.2) is 37.7 Å². The molecule has 10 heteroatoms. The molecule has 1 unspecified atom stereocenters. The summed E-state index contributed by atoms with van der Waals surface area (Å²) >= 11 is 0. The van der Waals surface area contributed by atoms with E-state index in [2.05, 4.69) is 20.4 Å². The molecule has 0 radical (unpaired) electrons. The maximum absolute atomic E-state index is 13.4. The predicted octanol–water partition coefficient (Wildman–Crippen LogP) is 3.31. The Labute approximate surface area is 156 Å². The second-order valence-electron chi connectivity index (χ2n) is 6.75. The molecule has 146 valence electrons. The first kappa shape index (κ1) is 18.3. The van der Waals surface area contributed by atoms with Crippen molar-refractivity contribution in [2.24, 2.45) is 5.92 Å². The maximum Gasteiger partial charge on any atom is 0.408 e. The van der Waals surface area contributed by atoms with E-state index in [-0.39, 0.29) is 22.6 Å². The number of pyridine rings is 1. The number of halogens is 4. The van der Waals surface area contributed by atoms with Gasteiger partial charge in [0.25, 0.3) is 5.91 Å². The fourth-order valence-electron chi connectivity index (χ4n) is 3.07. The first-order valence-electron chi connectivity index (χ1n) is 8.60. The third-order valence-corrected chi connectivity index (χ3v) is 4.60. The van der Waals surface area contributed by atoms with Gasteiger partial charge in [-0.3, -0.25) is 4.79 Å². The minimum absolute atomic E-state index is 0.0790. The number of fused-ring (bicyclic) bond motifs is 1. The zero-order chi connectivity index (χ0) is 20.1. The van der Waals surface area contributed by atoms with Crippen molar-refractivity contribution in [3.63, 3.8) is 0 Å². The minimum atomic E-state index is -4.53. The van der Waals surface area contributed by atoms with E-state index in [9.17, 15) is 22.4 Å². The van der Waals surface area contributed by atoms with Crippen LogP contribution in [0.1, 0.15) is 28.9 Å². The molecule has 0 spiro atoms. The van der Waals surface area contributed by atoms with Crippen molar-refractivity contribution in [1.29, 1.82) is 0 Å². The Balaban J connectivity index is 1.72. The highest BCUT2D eigenvalue weighted by Gasteiger charge is 2.49. The van der Waals surface area contributed by atoms with Gasteiger partial charge in [0.15, 0.2) is 5.65 Å². The molecule has 1 aliphatic carbocycles. The average molecular weight is 393 g/mol. The Kier molecular flexibility index (Phi) is 4.28. The molecule has 4 rings (SSSR count). The van der Waals surface area contributed by atoms with E-state index in [1.54, 1.807) is 19.1 Å². The van der Waals surface area contributed by atoms with Crippen LogP contribution in [0, 0.1) is 18.8 Å². The number of nitrogens with one attached hydrogen (secondary N) is 1. The van der Waals surface area contributed by atoms with Gasteiger partial charge >= 0.3 is 6.18 Å². The number of nitrogens with zero attached hydrogens (tertiary/aromatic N) is 4. The summed E-state index contributed by atoms with van der Waals surface area (Å²) < 4.78 is 54.4. The zero-order valence-corrected chi connectivity index (χ0v) is 14.7. The summed E-state index contributed by atoms with van der Waals surface area (Å²) in [6.45, 7) is 1.69. The summed E-state index contributed by atoms with van der Waals surface area (Å²) in [4.78, 5) is 20.6. The summed E-state index contributed by atoms with van der Waals surface area (Å²) in [5.74, 6) is -2.20. The van der Waals surface area contributed by atoms with Gasteiger partial charge in [-0.1, -0.05) is 6.07 Å². The quantitative estimate of drug-likeness (QED) is 0.545. The Morgan fingerprint density at radius 3 is 2.64 bits per heavy atom. The Morgan fingerprint density at radius 1 is 1.25 bits per heavy atom. The van der Waals surface area contributed by atoms with E-state index >= 15 is 0 Å². The van der Waals surface area contributed by atoms with Crippen LogP contribution in [0.3, 0.4) is 0 Å². The molecule has 28 heavy (non-hydrogen) atoms. The molecule has 0 bridgehead atoms. The average Bonchev–Trinajstić information content (AvgIpc) is 3.36. The molecule has 0 aliphatic heterocycles. The number of rotatable bonds is 4. The van der Waals surface area contributed by atoms with E-state index in [0.29, 0.717) is 18.5 Å². The highest BCUT2D eigenvalue weighted by molar-refractivity contribution is 6.00. The van der Waals surface area contributed by atoms with Gasteiger partial charge in [-0.25, -0.2) is 14.5 Å². The first-order valence-corrected chi connectivity index (χ1v) is 8.60. The van der Waals surface area contributed by atoms with Crippen LogP contribution in [0.4, 0.5) is 17.6 Å². The molecule has 1 N–H and O–H groups in total. The maximum atomic E-state index is 13.4. The van der Waals surface area contributed by atoms with E-state index in [1.165, 1.54) is 22.8 Å². The minimum Gasteiger partial charge on any atom is -0.340 e. The third-order valence-electron chi connectivity index (χ3n) is 4.60. The Bertz CT molecular complexity index is 1060. The number of carbonyl (C=O) groups is 1. The summed E-state index contributed by atoms with van der Waals surface area (Å²) in [6, 6.07) is 3.90. The topological polar surface area (TPSA) is 72.2 Å². The normalized spacial score (nSPS) is 15.6. The number of hydrogen-bond donors (Lipinski definition) is 1. The fourth-order valence-corrected chi connectivity index (χ4v) is 3.07. The largest absolute Gasteiger partial charge is 0.408 e. The number of carbonyl (C=O) groups excluding carboxylic acids is 1. The summed E-state index contributed by atoms with van der Waals surface area (Å²) in [5, 5.41) is 6.11. The molecule has 3 aromatic heterocycles. The molecule has 3 aromatic rings. The molecular weight excluding hydrogens is 378 g/mol. The zero-order valence-electron chi connectivity index (χ0n) is 14.7. The van der Waals surface area contributed by atoms with Crippen LogP contribution in [0.25, 0.3) is 17.0 Å². The SMILES string of the molecule is Cc1cc(-c2cccc(F)n2)nc2c(C(=O)NC(C3CC3)C(F)(F)F)cnn12. The molecule has 1 saturated carbocycles. The van der Waals surface area contributed by atoms with E-state index in [1.807, 2.05) is 0 Å². The molecule has 6 nitrogen and oxygen atoms in total. The molecule has 1 fully saturated rings. The number of amides is 1. The van der Waals surface area contributed by atoms with Crippen LogP contribution in [-0.2, 0) is 0 Å². The molecule has 1 amide bonds. The van der Waals surface area contributed by atoms with E-state index in [4.69, 9.17) is 0 Å². The van der Waals surface area contributed by atoms with E-state index in [0.717, 1.165) is 0 Å². The van der Waals surface area contributed by atoms with Crippen molar-refractivity contribution < 1.29 is 22.4 Å². The molecule has 0 saturated heterocycles. The second-order valence-corrected chi connectivity index (χ2v) is 6.75. The van der Waals surface area contributed by atoms with Crippen LogP contribution in [0.15, 0.2) is 30.5 Å². The lowest BCUT2D eigenvalue weighted by Gasteiger charge is -2.20. The standard InChI is InChI=1S/C18H15F4N5O/c1-9-7-13(12-3-2-4-14(19)24-12)25-16-11(8-23-27(9)16)17(28)26-15(10-5-6-10)18(20,21)22/h2-4,7-8,10,15H,5-6H2,1H3,(H,26,28). The van der Waals surface area contributed by atoms with Crippen molar-refractivity contribution in [3.8, 4) is 11.4 Å². The van der Waals surface area contributed by atoms with Gasteiger partial charge in [-0.15, -0.1) is 0 Å². The predicted molar refractivity (Wildman–Crippen MR) is 90.9 cm³/mol. The lowest BCUT2D eigenvalue weighted by molar-refractivity contribution is -0.158. The number of aromatic nitrogens is 4. The molecular formula is C18H15F4N5O. The number of aryl methyl sites for hydroxylation is 1. The second kappa shape index (κ2) is 6.54. The van der Waals surface area contributed by atoms with Crippen LogP contribution in [0.5, 0.6) is 0 Å².